The molecule has 0 saturated heterocycles. The van der Waals surface area contributed by atoms with Crippen LogP contribution in [0.4, 0.5) is 5.69 Å². The average Bonchev–Trinajstić information content (AvgIpc) is 2.16. The number of aryl methyl sites for hydroxylation is 1. The molecule has 0 bridgehead atoms. The van der Waals surface area contributed by atoms with Crippen molar-refractivity contribution in [1.29, 1.82) is 0 Å². The van der Waals surface area contributed by atoms with Gasteiger partial charge >= 0.3 is 0 Å². The molecule has 0 aromatic carbocycles. The van der Waals surface area contributed by atoms with Gasteiger partial charge in [0.25, 0.3) is 0 Å². The smallest absolute Gasteiger partial charge is 0.224 e. The monoisotopic (exact) mass is 206 g/mol. The molecule has 0 aliphatic heterocycles. The Hall–Kier alpha value is -1.38. The molecule has 1 N–H and O–H groups in total. The molecule has 0 spiro atoms. The zero-order valence-electron chi connectivity index (χ0n) is 9.58. The van der Waals surface area contributed by atoms with E-state index in [1.54, 1.807) is 6.20 Å². The molecule has 1 heterocycles. The summed E-state index contributed by atoms with van der Waals surface area (Å²) in [6.45, 7) is 6.12. The van der Waals surface area contributed by atoms with Crippen LogP contribution in [-0.4, -0.2) is 10.9 Å². The lowest BCUT2D eigenvalue weighted by Gasteiger charge is -2.07. The largest absolute Gasteiger partial charge is 0.325 e. The van der Waals surface area contributed by atoms with Gasteiger partial charge in [0.15, 0.2) is 0 Å². The Balaban J connectivity index is 2.60. The fourth-order valence-electron chi connectivity index (χ4n) is 1.33. The zero-order valence-corrected chi connectivity index (χ0v) is 9.58. The quantitative estimate of drug-likeness (QED) is 0.822. The molecule has 1 rings (SSSR count). The standard InChI is InChI=1S/C12H18N2O/c1-4-10-6-11(8-13-7-10)14-12(15)5-9(2)3/h6-9H,4-5H2,1-3H3,(H,14,15). The molecule has 15 heavy (non-hydrogen) atoms. The van der Waals surface area contributed by atoms with Crippen LogP contribution in [0.5, 0.6) is 0 Å². The summed E-state index contributed by atoms with van der Waals surface area (Å²) >= 11 is 0. The van der Waals surface area contributed by atoms with Crippen LogP contribution in [0.25, 0.3) is 0 Å². The minimum absolute atomic E-state index is 0.0556. The van der Waals surface area contributed by atoms with Gasteiger partial charge in [-0.3, -0.25) is 9.78 Å². The van der Waals surface area contributed by atoms with Crippen LogP contribution >= 0.6 is 0 Å². The SMILES string of the molecule is CCc1cncc(NC(=O)CC(C)C)c1. The number of hydrogen-bond donors (Lipinski definition) is 1. The van der Waals surface area contributed by atoms with E-state index >= 15 is 0 Å². The molecular weight excluding hydrogens is 188 g/mol. The maximum absolute atomic E-state index is 11.5. The maximum Gasteiger partial charge on any atom is 0.224 e. The fourth-order valence-corrected chi connectivity index (χ4v) is 1.33. The van der Waals surface area contributed by atoms with Gasteiger partial charge in [-0.25, -0.2) is 0 Å². The van der Waals surface area contributed by atoms with Crippen molar-refractivity contribution in [3.63, 3.8) is 0 Å². The first-order valence-electron chi connectivity index (χ1n) is 5.35. The molecular formula is C12H18N2O. The van der Waals surface area contributed by atoms with E-state index in [4.69, 9.17) is 0 Å². The Morgan fingerprint density at radius 1 is 1.47 bits per heavy atom. The van der Waals surface area contributed by atoms with E-state index in [1.165, 1.54) is 0 Å². The Bertz CT molecular complexity index is 334. The molecule has 1 amide bonds. The second-order valence-corrected chi connectivity index (χ2v) is 4.08. The lowest BCUT2D eigenvalue weighted by molar-refractivity contribution is -0.116. The van der Waals surface area contributed by atoms with E-state index < -0.39 is 0 Å². The number of nitrogens with zero attached hydrogens (tertiary/aromatic N) is 1. The Morgan fingerprint density at radius 2 is 2.20 bits per heavy atom. The van der Waals surface area contributed by atoms with Crippen LogP contribution in [0.2, 0.25) is 0 Å². The van der Waals surface area contributed by atoms with Gasteiger partial charge in [0.1, 0.15) is 0 Å². The first-order chi connectivity index (χ1) is 7.11. The Labute approximate surface area is 90.9 Å². The van der Waals surface area contributed by atoms with E-state index in [-0.39, 0.29) is 5.91 Å². The number of nitrogens with one attached hydrogen (secondary N) is 1. The van der Waals surface area contributed by atoms with Gasteiger partial charge in [-0.05, 0) is 24.0 Å². The second kappa shape index (κ2) is 5.49. The summed E-state index contributed by atoms with van der Waals surface area (Å²) in [4.78, 5) is 15.6. The normalized spacial score (nSPS) is 10.4. The molecule has 82 valence electrons. The lowest BCUT2D eigenvalue weighted by Crippen LogP contribution is -2.14. The molecule has 0 aliphatic carbocycles. The molecule has 3 heteroatoms. The zero-order chi connectivity index (χ0) is 11.3. The highest BCUT2D eigenvalue weighted by Gasteiger charge is 2.05. The van der Waals surface area contributed by atoms with E-state index in [1.807, 2.05) is 26.1 Å². The highest BCUT2D eigenvalue weighted by atomic mass is 16.1. The van der Waals surface area contributed by atoms with Gasteiger partial charge < -0.3 is 5.32 Å². The lowest BCUT2D eigenvalue weighted by atomic mass is 10.1. The predicted molar refractivity (Wildman–Crippen MR) is 61.7 cm³/mol. The number of anilines is 1. The third-order valence-electron chi connectivity index (χ3n) is 2.08. The molecule has 0 unspecified atom stereocenters. The minimum Gasteiger partial charge on any atom is -0.325 e. The molecule has 0 atom stereocenters. The number of carbonyl (C=O) groups is 1. The summed E-state index contributed by atoms with van der Waals surface area (Å²) < 4.78 is 0. The molecule has 0 aliphatic rings. The van der Waals surface area contributed by atoms with Gasteiger partial charge in [0.2, 0.25) is 5.91 Å². The van der Waals surface area contributed by atoms with Gasteiger partial charge in [-0.15, -0.1) is 0 Å². The van der Waals surface area contributed by atoms with Crippen molar-refractivity contribution in [3.05, 3.63) is 24.0 Å². The summed E-state index contributed by atoms with van der Waals surface area (Å²) in [5, 5.41) is 2.85. The summed E-state index contributed by atoms with van der Waals surface area (Å²) in [6, 6.07) is 1.96. The molecule has 3 nitrogen and oxygen atoms in total. The van der Waals surface area contributed by atoms with E-state index in [2.05, 4.69) is 17.2 Å². The topological polar surface area (TPSA) is 42.0 Å². The second-order valence-electron chi connectivity index (χ2n) is 4.08. The van der Waals surface area contributed by atoms with Crippen LogP contribution in [0.3, 0.4) is 0 Å². The molecule has 0 saturated carbocycles. The van der Waals surface area contributed by atoms with Crippen LogP contribution in [0.15, 0.2) is 18.5 Å². The number of amides is 1. The summed E-state index contributed by atoms with van der Waals surface area (Å²) in [5.74, 6) is 0.437. The number of carbonyl (C=O) groups excluding carboxylic acids is 1. The first-order valence-corrected chi connectivity index (χ1v) is 5.35. The third-order valence-corrected chi connectivity index (χ3v) is 2.08. The van der Waals surface area contributed by atoms with Gasteiger partial charge in [0, 0.05) is 12.6 Å². The highest BCUT2D eigenvalue weighted by Crippen LogP contribution is 2.10. The van der Waals surface area contributed by atoms with Gasteiger partial charge in [-0.2, -0.15) is 0 Å². The Morgan fingerprint density at radius 3 is 2.80 bits per heavy atom. The van der Waals surface area contributed by atoms with E-state index in [9.17, 15) is 4.79 Å². The van der Waals surface area contributed by atoms with Crippen molar-refractivity contribution in [1.82, 2.24) is 4.98 Å². The summed E-state index contributed by atoms with van der Waals surface area (Å²) in [7, 11) is 0. The number of aromatic nitrogens is 1. The predicted octanol–water partition coefficient (Wildman–Crippen LogP) is 2.63. The highest BCUT2D eigenvalue weighted by molar-refractivity contribution is 5.90. The van der Waals surface area contributed by atoms with E-state index in [0.29, 0.717) is 12.3 Å². The fraction of sp³-hybridized carbons (Fsp3) is 0.500. The number of hydrogen-bond acceptors (Lipinski definition) is 2. The van der Waals surface area contributed by atoms with Crippen LogP contribution in [0, 0.1) is 5.92 Å². The maximum atomic E-state index is 11.5. The summed E-state index contributed by atoms with van der Waals surface area (Å²) in [5.41, 5.74) is 1.93. The third kappa shape index (κ3) is 4.11. The van der Waals surface area contributed by atoms with Crippen molar-refractivity contribution in [2.45, 2.75) is 33.6 Å². The number of rotatable bonds is 4. The van der Waals surface area contributed by atoms with Crippen molar-refractivity contribution in [2.24, 2.45) is 5.92 Å². The van der Waals surface area contributed by atoms with Crippen LogP contribution in [0.1, 0.15) is 32.8 Å². The van der Waals surface area contributed by atoms with E-state index in [0.717, 1.165) is 17.7 Å². The summed E-state index contributed by atoms with van der Waals surface area (Å²) in [6.07, 6.45) is 4.98. The van der Waals surface area contributed by atoms with Crippen molar-refractivity contribution < 1.29 is 4.79 Å². The molecule has 0 radical (unpaired) electrons. The molecule has 0 fully saturated rings. The molecule has 1 aromatic heterocycles. The van der Waals surface area contributed by atoms with Crippen LogP contribution < -0.4 is 5.32 Å². The average molecular weight is 206 g/mol. The van der Waals surface area contributed by atoms with Crippen LogP contribution in [-0.2, 0) is 11.2 Å². The van der Waals surface area contributed by atoms with Crippen molar-refractivity contribution >= 4 is 11.6 Å². The van der Waals surface area contributed by atoms with Gasteiger partial charge in [-0.1, -0.05) is 20.8 Å². The van der Waals surface area contributed by atoms with Crippen molar-refractivity contribution in [3.8, 4) is 0 Å². The first kappa shape index (κ1) is 11.7. The van der Waals surface area contributed by atoms with Crippen molar-refractivity contribution in [2.75, 3.05) is 5.32 Å². The van der Waals surface area contributed by atoms with Gasteiger partial charge in [0.05, 0.1) is 11.9 Å². The minimum atomic E-state index is 0.0556. The Kier molecular flexibility index (Phi) is 4.28. The molecule has 1 aromatic rings. The number of pyridine rings is 1.